The number of ether oxygens (including phenoxy) is 1. The van der Waals surface area contributed by atoms with Gasteiger partial charge in [-0.25, -0.2) is 10.2 Å². The molecule has 0 saturated carbocycles. The van der Waals surface area contributed by atoms with E-state index in [0.717, 1.165) is 5.56 Å². The van der Waals surface area contributed by atoms with Crippen molar-refractivity contribution in [1.82, 2.24) is 10.9 Å². The maximum absolute atomic E-state index is 11.5. The second-order valence-electron chi connectivity index (χ2n) is 5.66. The maximum atomic E-state index is 11.5. The lowest BCUT2D eigenvalue weighted by molar-refractivity contribution is 0.0497. The van der Waals surface area contributed by atoms with Crippen LogP contribution in [0.25, 0.3) is 10.8 Å². The molecule has 2 rings (SSSR count). The van der Waals surface area contributed by atoms with Crippen LogP contribution in [0.5, 0.6) is 0 Å². The Kier molecular flexibility index (Phi) is 4.25. The molecular weight excluding hydrogens is 252 g/mol. The Labute approximate surface area is 119 Å². The van der Waals surface area contributed by atoms with Gasteiger partial charge >= 0.3 is 6.09 Å². The van der Waals surface area contributed by atoms with E-state index in [1.54, 1.807) is 0 Å². The molecule has 0 bridgehead atoms. The minimum absolute atomic E-state index is 0.474. The predicted molar refractivity (Wildman–Crippen MR) is 80.2 cm³/mol. The quantitative estimate of drug-likeness (QED) is 0.842. The summed E-state index contributed by atoms with van der Waals surface area (Å²) in [5.74, 6) is 0. The summed E-state index contributed by atoms with van der Waals surface area (Å²) in [4.78, 5) is 11.5. The molecule has 0 aliphatic heterocycles. The molecular formula is C16H20N2O2. The molecule has 4 nitrogen and oxygen atoms in total. The largest absolute Gasteiger partial charge is 0.443 e. The zero-order valence-corrected chi connectivity index (χ0v) is 12.1. The van der Waals surface area contributed by atoms with Crippen molar-refractivity contribution >= 4 is 16.9 Å². The fourth-order valence-electron chi connectivity index (χ4n) is 1.87. The predicted octanol–water partition coefficient (Wildman–Crippen LogP) is 3.37. The van der Waals surface area contributed by atoms with Crippen LogP contribution in [0.2, 0.25) is 0 Å². The van der Waals surface area contributed by atoms with Gasteiger partial charge in [0, 0.05) is 6.54 Å². The minimum Gasteiger partial charge on any atom is -0.443 e. The molecule has 0 saturated heterocycles. The van der Waals surface area contributed by atoms with Gasteiger partial charge in [0.15, 0.2) is 0 Å². The lowest BCUT2D eigenvalue weighted by atomic mass is 10.1. The Bertz CT molecular complexity index is 603. The normalized spacial score (nSPS) is 11.3. The summed E-state index contributed by atoms with van der Waals surface area (Å²) in [5.41, 5.74) is 5.99. The smallest absolute Gasteiger partial charge is 0.422 e. The monoisotopic (exact) mass is 272 g/mol. The van der Waals surface area contributed by atoms with Crippen molar-refractivity contribution in [3.05, 3.63) is 48.0 Å². The van der Waals surface area contributed by atoms with Crippen LogP contribution >= 0.6 is 0 Å². The van der Waals surface area contributed by atoms with Gasteiger partial charge in [0.2, 0.25) is 0 Å². The van der Waals surface area contributed by atoms with Crippen molar-refractivity contribution in [2.24, 2.45) is 0 Å². The molecule has 0 unspecified atom stereocenters. The van der Waals surface area contributed by atoms with Gasteiger partial charge in [0.1, 0.15) is 5.60 Å². The summed E-state index contributed by atoms with van der Waals surface area (Å²) >= 11 is 0. The van der Waals surface area contributed by atoms with E-state index in [2.05, 4.69) is 35.1 Å². The van der Waals surface area contributed by atoms with Crippen molar-refractivity contribution < 1.29 is 9.53 Å². The highest BCUT2D eigenvalue weighted by Gasteiger charge is 2.15. The Balaban J connectivity index is 1.88. The first-order valence-corrected chi connectivity index (χ1v) is 6.63. The number of hydrogen-bond donors (Lipinski definition) is 2. The van der Waals surface area contributed by atoms with Crippen molar-refractivity contribution in [3.8, 4) is 0 Å². The van der Waals surface area contributed by atoms with Crippen molar-refractivity contribution in [3.63, 3.8) is 0 Å². The highest BCUT2D eigenvalue weighted by molar-refractivity contribution is 5.82. The number of nitrogens with one attached hydrogen (secondary N) is 2. The van der Waals surface area contributed by atoms with Crippen LogP contribution in [-0.4, -0.2) is 11.7 Å². The Morgan fingerprint density at radius 3 is 2.50 bits per heavy atom. The Hall–Kier alpha value is -2.07. The minimum atomic E-state index is -0.491. The van der Waals surface area contributed by atoms with Crippen LogP contribution in [0.1, 0.15) is 26.3 Å². The highest BCUT2D eigenvalue weighted by atomic mass is 16.6. The molecule has 0 radical (unpaired) electrons. The number of rotatable bonds is 3. The summed E-state index contributed by atoms with van der Waals surface area (Å²) in [7, 11) is 0. The molecule has 2 aromatic carbocycles. The molecule has 0 aromatic heterocycles. The molecule has 106 valence electrons. The summed E-state index contributed by atoms with van der Waals surface area (Å²) in [5, 5.41) is 2.39. The second kappa shape index (κ2) is 5.92. The van der Waals surface area contributed by atoms with Gasteiger partial charge in [-0.15, -0.1) is 0 Å². The summed E-state index contributed by atoms with van der Waals surface area (Å²) in [6.45, 7) is 6.03. The molecule has 0 fully saturated rings. The third-order valence-corrected chi connectivity index (χ3v) is 2.70. The van der Waals surface area contributed by atoms with Crippen LogP contribution < -0.4 is 10.9 Å². The lowest BCUT2D eigenvalue weighted by Crippen LogP contribution is -2.40. The number of benzene rings is 2. The molecule has 0 spiro atoms. The first kappa shape index (κ1) is 14.3. The van der Waals surface area contributed by atoms with Crippen molar-refractivity contribution in [1.29, 1.82) is 0 Å². The van der Waals surface area contributed by atoms with Crippen LogP contribution in [0.4, 0.5) is 4.79 Å². The third kappa shape index (κ3) is 4.24. The first-order chi connectivity index (χ1) is 9.44. The van der Waals surface area contributed by atoms with Gasteiger partial charge in [-0.3, -0.25) is 5.43 Å². The summed E-state index contributed by atoms with van der Waals surface area (Å²) in [6, 6.07) is 14.4. The van der Waals surface area contributed by atoms with Crippen molar-refractivity contribution in [2.45, 2.75) is 32.9 Å². The first-order valence-electron chi connectivity index (χ1n) is 6.63. The van der Waals surface area contributed by atoms with E-state index in [0.29, 0.717) is 6.54 Å². The highest BCUT2D eigenvalue weighted by Crippen LogP contribution is 2.15. The molecule has 1 amide bonds. The maximum Gasteiger partial charge on any atom is 0.422 e. The number of carbonyl (C=O) groups is 1. The second-order valence-corrected chi connectivity index (χ2v) is 5.66. The van der Waals surface area contributed by atoms with Gasteiger partial charge in [-0.2, -0.15) is 0 Å². The van der Waals surface area contributed by atoms with E-state index < -0.39 is 11.7 Å². The number of fused-ring (bicyclic) bond motifs is 1. The van der Waals surface area contributed by atoms with E-state index >= 15 is 0 Å². The molecule has 0 aliphatic carbocycles. The van der Waals surface area contributed by atoms with Crippen LogP contribution in [0.3, 0.4) is 0 Å². The fraction of sp³-hybridized carbons (Fsp3) is 0.312. The summed E-state index contributed by atoms with van der Waals surface area (Å²) < 4.78 is 5.13. The molecule has 2 aromatic rings. The van der Waals surface area contributed by atoms with E-state index in [-0.39, 0.29) is 0 Å². The van der Waals surface area contributed by atoms with E-state index in [1.807, 2.05) is 39.0 Å². The van der Waals surface area contributed by atoms with Gasteiger partial charge < -0.3 is 4.74 Å². The zero-order valence-electron chi connectivity index (χ0n) is 12.1. The van der Waals surface area contributed by atoms with Gasteiger partial charge in [-0.05, 0) is 43.2 Å². The van der Waals surface area contributed by atoms with Crippen LogP contribution in [0, 0.1) is 0 Å². The molecule has 0 aliphatic rings. The van der Waals surface area contributed by atoms with E-state index in [9.17, 15) is 4.79 Å². The van der Waals surface area contributed by atoms with Gasteiger partial charge in [0.25, 0.3) is 0 Å². The average molecular weight is 272 g/mol. The average Bonchev–Trinajstić information content (AvgIpc) is 2.36. The Morgan fingerprint density at radius 2 is 1.80 bits per heavy atom. The molecule has 20 heavy (non-hydrogen) atoms. The molecule has 0 heterocycles. The number of hydrogen-bond acceptors (Lipinski definition) is 3. The topological polar surface area (TPSA) is 50.4 Å². The van der Waals surface area contributed by atoms with Crippen LogP contribution in [-0.2, 0) is 11.3 Å². The van der Waals surface area contributed by atoms with E-state index in [4.69, 9.17) is 4.74 Å². The summed E-state index contributed by atoms with van der Waals surface area (Å²) in [6.07, 6.45) is -0.474. The molecule has 2 N–H and O–H groups in total. The third-order valence-electron chi connectivity index (χ3n) is 2.70. The van der Waals surface area contributed by atoms with E-state index in [1.165, 1.54) is 10.8 Å². The zero-order chi connectivity index (χ0) is 14.6. The number of hydrazine groups is 1. The standard InChI is InChI=1S/C16H20N2O2/c1-16(2,3)20-15(19)18-17-11-12-8-9-13-6-4-5-7-14(13)10-12/h4-10,17H,11H2,1-3H3,(H,18,19). The van der Waals surface area contributed by atoms with Gasteiger partial charge in [0.05, 0.1) is 0 Å². The van der Waals surface area contributed by atoms with Crippen molar-refractivity contribution in [2.75, 3.05) is 0 Å². The lowest BCUT2D eigenvalue weighted by Gasteiger charge is -2.19. The van der Waals surface area contributed by atoms with Gasteiger partial charge in [-0.1, -0.05) is 36.4 Å². The van der Waals surface area contributed by atoms with Crippen LogP contribution in [0.15, 0.2) is 42.5 Å². The SMILES string of the molecule is CC(C)(C)OC(=O)NNCc1ccc2ccccc2c1. The molecule has 0 atom stereocenters. The molecule has 4 heteroatoms. The number of carbonyl (C=O) groups excluding carboxylic acids is 1. The number of amides is 1. The Morgan fingerprint density at radius 1 is 1.10 bits per heavy atom. The fourth-order valence-corrected chi connectivity index (χ4v) is 1.87.